The van der Waals surface area contributed by atoms with Crippen molar-refractivity contribution in [3.05, 3.63) is 24.2 Å². The van der Waals surface area contributed by atoms with Gasteiger partial charge in [0, 0.05) is 24.3 Å². The van der Waals surface area contributed by atoms with E-state index in [2.05, 4.69) is 20.0 Å². The monoisotopic (exact) mass is 285 g/mol. The number of hydrogen-bond donors (Lipinski definition) is 1. The van der Waals surface area contributed by atoms with Gasteiger partial charge in [0.1, 0.15) is 5.82 Å². The molecule has 2 fully saturated rings. The quantitative estimate of drug-likeness (QED) is 0.932. The number of likely N-dealkylation sites (tertiary alicyclic amines) is 1. The summed E-state index contributed by atoms with van der Waals surface area (Å²) in [5.74, 6) is 1.82. The average molecular weight is 285 g/mol. The predicted molar refractivity (Wildman–Crippen MR) is 78.3 cm³/mol. The van der Waals surface area contributed by atoms with Crippen molar-refractivity contribution in [2.24, 2.45) is 0 Å². The predicted octanol–water partition coefficient (Wildman–Crippen LogP) is 2.40. The maximum absolute atomic E-state index is 5.59. The standard InChI is InChI=1S/C15H19N5O/c16-13-6-5-10(9-17-13)14-18-15(21-19-14)12-7-8-20(12)11-3-1-2-4-11/h5-6,9,11-12H,1-4,7-8H2,(H2,16,17). The van der Waals surface area contributed by atoms with Crippen LogP contribution in [-0.2, 0) is 0 Å². The van der Waals surface area contributed by atoms with Gasteiger partial charge < -0.3 is 10.3 Å². The third kappa shape index (κ3) is 2.29. The van der Waals surface area contributed by atoms with Crippen LogP contribution >= 0.6 is 0 Å². The fourth-order valence-corrected chi connectivity index (χ4v) is 3.37. The van der Waals surface area contributed by atoms with Gasteiger partial charge in [-0.05, 0) is 31.4 Å². The third-order valence-electron chi connectivity index (χ3n) is 4.63. The van der Waals surface area contributed by atoms with E-state index in [1.807, 2.05) is 6.07 Å². The Hall–Kier alpha value is -1.95. The first-order valence-corrected chi connectivity index (χ1v) is 7.62. The highest BCUT2D eigenvalue weighted by molar-refractivity contribution is 5.54. The number of hydrogen-bond acceptors (Lipinski definition) is 6. The van der Waals surface area contributed by atoms with Gasteiger partial charge in [0.15, 0.2) is 0 Å². The minimum Gasteiger partial charge on any atom is -0.384 e. The van der Waals surface area contributed by atoms with E-state index >= 15 is 0 Å². The van der Waals surface area contributed by atoms with Gasteiger partial charge in [-0.3, -0.25) is 4.90 Å². The van der Waals surface area contributed by atoms with Crippen LogP contribution < -0.4 is 5.73 Å². The summed E-state index contributed by atoms with van der Waals surface area (Å²) in [5.41, 5.74) is 6.43. The Morgan fingerprint density at radius 3 is 2.71 bits per heavy atom. The molecule has 3 heterocycles. The Morgan fingerprint density at radius 2 is 2.05 bits per heavy atom. The van der Waals surface area contributed by atoms with Crippen molar-refractivity contribution in [1.82, 2.24) is 20.0 Å². The molecule has 0 aromatic carbocycles. The normalized spacial score (nSPS) is 23.3. The lowest BCUT2D eigenvalue weighted by Gasteiger charge is -2.42. The summed E-state index contributed by atoms with van der Waals surface area (Å²) in [6, 6.07) is 4.62. The highest BCUT2D eigenvalue weighted by atomic mass is 16.5. The van der Waals surface area contributed by atoms with Crippen molar-refractivity contribution in [1.29, 1.82) is 0 Å². The molecule has 6 heteroatoms. The Kier molecular flexibility index (Phi) is 3.11. The highest BCUT2D eigenvalue weighted by Crippen LogP contribution is 2.39. The smallest absolute Gasteiger partial charge is 0.244 e. The fraction of sp³-hybridized carbons (Fsp3) is 0.533. The lowest BCUT2D eigenvalue weighted by atomic mass is 9.98. The topological polar surface area (TPSA) is 81.1 Å². The first-order chi connectivity index (χ1) is 10.3. The van der Waals surface area contributed by atoms with Crippen molar-refractivity contribution in [2.45, 2.75) is 44.2 Å². The van der Waals surface area contributed by atoms with Gasteiger partial charge in [-0.15, -0.1) is 0 Å². The third-order valence-corrected chi connectivity index (χ3v) is 4.63. The molecule has 1 aliphatic carbocycles. The van der Waals surface area contributed by atoms with Crippen LogP contribution in [0.4, 0.5) is 5.82 Å². The summed E-state index contributed by atoms with van der Waals surface area (Å²) in [6.45, 7) is 1.15. The van der Waals surface area contributed by atoms with Gasteiger partial charge >= 0.3 is 0 Å². The lowest BCUT2D eigenvalue weighted by Crippen LogP contribution is -2.46. The van der Waals surface area contributed by atoms with Gasteiger partial charge in [0.05, 0.1) is 6.04 Å². The summed E-state index contributed by atoms with van der Waals surface area (Å²) in [6.07, 6.45) is 8.09. The fourth-order valence-electron chi connectivity index (χ4n) is 3.37. The van der Waals surface area contributed by atoms with E-state index in [9.17, 15) is 0 Å². The summed E-state index contributed by atoms with van der Waals surface area (Å²) < 4.78 is 5.48. The molecule has 2 aromatic rings. The summed E-state index contributed by atoms with van der Waals surface area (Å²) in [4.78, 5) is 11.1. The summed E-state index contributed by atoms with van der Waals surface area (Å²) in [5, 5.41) is 4.09. The molecule has 110 valence electrons. The molecule has 2 N–H and O–H groups in total. The summed E-state index contributed by atoms with van der Waals surface area (Å²) >= 11 is 0. The van der Waals surface area contributed by atoms with Gasteiger partial charge in [-0.25, -0.2) is 4.98 Å². The van der Waals surface area contributed by atoms with Crippen molar-refractivity contribution in [2.75, 3.05) is 12.3 Å². The van der Waals surface area contributed by atoms with Gasteiger partial charge in [-0.2, -0.15) is 4.98 Å². The van der Waals surface area contributed by atoms with Crippen LogP contribution in [0.3, 0.4) is 0 Å². The second-order valence-electron chi connectivity index (χ2n) is 5.91. The van der Waals surface area contributed by atoms with E-state index in [0.717, 1.165) is 24.4 Å². The largest absolute Gasteiger partial charge is 0.384 e. The van der Waals surface area contributed by atoms with Gasteiger partial charge in [-0.1, -0.05) is 18.0 Å². The first-order valence-electron chi connectivity index (χ1n) is 7.62. The van der Waals surface area contributed by atoms with E-state index in [-0.39, 0.29) is 0 Å². The van der Waals surface area contributed by atoms with Crippen molar-refractivity contribution in [3.63, 3.8) is 0 Å². The van der Waals surface area contributed by atoms with Crippen LogP contribution in [0.15, 0.2) is 22.9 Å². The minimum absolute atomic E-state index is 0.302. The molecule has 2 aliphatic rings. The highest BCUT2D eigenvalue weighted by Gasteiger charge is 2.39. The SMILES string of the molecule is Nc1ccc(-c2noc(C3CCN3C3CCCC3)n2)cn1. The number of nitrogens with zero attached hydrogens (tertiary/aromatic N) is 4. The number of nitrogens with two attached hydrogens (primary N) is 1. The van der Waals surface area contributed by atoms with Crippen LogP contribution in [0.1, 0.15) is 44.0 Å². The second-order valence-corrected chi connectivity index (χ2v) is 5.91. The van der Waals surface area contributed by atoms with Crippen molar-refractivity contribution >= 4 is 5.82 Å². The van der Waals surface area contributed by atoms with Gasteiger partial charge in [0.25, 0.3) is 0 Å². The maximum atomic E-state index is 5.59. The van der Waals surface area contributed by atoms with Crippen LogP contribution in [-0.4, -0.2) is 32.6 Å². The molecule has 2 aromatic heterocycles. The average Bonchev–Trinajstić information content (AvgIpc) is 3.10. The minimum atomic E-state index is 0.302. The summed E-state index contributed by atoms with van der Waals surface area (Å²) in [7, 11) is 0. The van der Waals surface area contributed by atoms with Gasteiger partial charge in [0.2, 0.25) is 11.7 Å². The number of rotatable bonds is 3. The van der Waals surface area contributed by atoms with E-state index in [1.54, 1.807) is 12.3 Å². The number of nitrogen functional groups attached to an aromatic ring is 1. The van der Waals surface area contributed by atoms with E-state index in [4.69, 9.17) is 10.3 Å². The number of anilines is 1. The Morgan fingerprint density at radius 1 is 1.19 bits per heavy atom. The maximum Gasteiger partial charge on any atom is 0.244 e. The van der Waals surface area contributed by atoms with E-state index < -0.39 is 0 Å². The molecule has 1 unspecified atom stereocenters. The van der Waals surface area contributed by atoms with E-state index in [0.29, 0.717) is 23.7 Å². The molecule has 1 atom stereocenters. The zero-order chi connectivity index (χ0) is 14.2. The van der Waals surface area contributed by atoms with Crippen LogP contribution in [0.5, 0.6) is 0 Å². The molecule has 0 bridgehead atoms. The molecule has 4 rings (SSSR count). The van der Waals surface area contributed by atoms with Crippen LogP contribution in [0.2, 0.25) is 0 Å². The van der Waals surface area contributed by atoms with Crippen molar-refractivity contribution in [3.8, 4) is 11.4 Å². The van der Waals surface area contributed by atoms with Crippen LogP contribution in [0, 0.1) is 0 Å². The molecule has 21 heavy (non-hydrogen) atoms. The molecule has 0 amide bonds. The molecule has 1 saturated heterocycles. The zero-order valence-electron chi connectivity index (χ0n) is 11.9. The van der Waals surface area contributed by atoms with Crippen molar-refractivity contribution < 1.29 is 4.52 Å². The molecular weight excluding hydrogens is 266 g/mol. The molecular formula is C15H19N5O. The number of pyridine rings is 1. The molecule has 0 spiro atoms. The first kappa shape index (κ1) is 12.8. The Balaban J connectivity index is 1.53. The Labute approximate surface area is 123 Å². The van der Waals surface area contributed by atoms with E-state index in [1.165, 1.54) is 25.7 Å². The zero-order valence-corrected chi connectivity index (χ0v) is 11.9. The second kappa shape index (κ2) is 5.11. The molecule has 1 saturated carbocycles. The molecule has 6 nitrogen and oxygen atoms in total. The molecule has 1 aliphatic heterocycles. The number of aromatic nitrogens is 3. The lowest BCUT2D eigenvalue weighted by molar-refractivity contribution is 0.0224. The Bertz CT molecular complexity index is 617. The van der Waals surface area contributed by atoms with Crippen LogP contribution in [0.25, 0.3) is 11.4 Å². The molecule has 0 radical (unpaired) electrons.